The lowest BCUT2D eigenvalue weighted by Crippen LogP contribution is -2.20. The first-order chi connectivity index (χ1) is 9.06. The fourth-order valence-corrected chi connectivity index (χ4v) is 1.97. The molecule has 0 aliphatic carbocycles. The van der Waals surface area contributed by atoms with E-state index in [2.05, 4.69) is 4.90 Å². The number of benzene rings is 1. The molecule has 0 amide bonds. The molecule has 0 fully saturated rings. The second-order valence-electron chi connectivity index (χ2n) is 4.72. The minimum atomic E-state index is 0.243. The number of methoxy groups -OCH3 is 2. The van der Waals surface area contributed by atoms with Crippen LogP contribution in [0.15, 0.2) is 18.2 Å². The minimum Gasteiger partial charge on any atom is -0.497 e. The Morgan fingerprint density at radius 1 is 1.26 bits per heavy atom. The Hall–Kier alpha value is -1.55. The van der Waals surface area contributed by atoms with E-state index in [9.17, 15) is 4.79 Å². The van der Waals surface area contributed by atoms with E-state index in [1.165, 1.54) is 0 Å². The number of hydrogen-bond acceptors (Lipinski definition) is 4. The van der Waals surface area contributed by atoms with Gasteiger partial charge in [0.05, 0.1) is 14.2 Å². The van der Waals surface area contributed by atoms with Gasteiger partial charge in [-0.15, -0.1) is 0 Å². The third kappa shape index (κ3) is 5.30. The molecule has 0 heterocycles. The van der Waals surface area contributed by atoms with Crippen molar-refractivity contribution in [1.82, 2.24) is 4.90 Å². The van der Waals surface area contributed by atoms with Crippen molar-refractivity contribution in [2.24, 2.45) is 0 Å². The molecule has 0 atom stereocenters. The highest BCUT2D eigenvalue weighted by atomic mass is 16.5. The van der Waals surface area contributed by atoms with Crippen LogP contribution >= 0.6 is 0 Å². The molecule has 1 aromatic rings. The van der Waals surface area contributed by atoms with Crippen LogP contribution in [0.3, 0.4) is 0 Å². The van der Waals surface area contributed by atoms with Crippen molar-refractivity contribution in [2.75, 3.05) is 27.8 Å². The van der Waals surface area contributed by atoms with E-state index < -0.39 is 0 Å². The zero-order valence-electron chi connectivity index (χ0n) is 12.2. The maximum atomic E-state index is 10.9. The average molecular weight is 265 g/mol. The number of Topliss-reactive ketones (excluding diaryl/α,β-unsaturated/α-hetero) is 1. The highest BCUT2D eigenvalue weighted by Crippen LogP contribution is 2.25. The Morgan fingerprint density at radius 2 is 2.00 bits per heavy atom. The van der Waals surface area contributed by atoms with Crippen molar-refractivity contribution in [3.63, 3.8) is 0 Å². The molecule has 0 saturated heterocycles. The smallest absolute Gasteiger partial charge is 0.129 e. The summed E-state index contributed by atoms with van der Waals surface area (Å²) in [6, 6.07) is 5.79. The first-order valence-electron chi connectivity index (χ1n) is 6.45. The lowest BCUT2D eigenvalue weighted by Gasteiger charge is -2.18. The van der Waals surface area contributed by atoms with Crippen LogP contribution in [0.25, 0.3) is 0 Å². The second kappa shape index (κ2) is 7.79. The quantitative estimate of drug-likeness (QED) is 0.724. The molecule has 0 saturated carbocycles. The number of hydrogen-bond donors (Lipinski definition) is 0. The largest absolute Gasteiger partial charge is 0.497 e. The van der Waals surface area contributed by atoms with Crippen LogP contribution in [0.4, 0.5) is 0 Å². The van der Waals surface area contributed by atoms with Gasteiger partial charge in [-0.1, -0.05) is 0 Å². The predicted molar refractivity (Wildman–Crippen MR) is 75.8 cm³/mol. The second-order valence-corrected chi connectivity index (χ2v) is 4.72. The van der Waals surface area contributed by atoms with Gasteiger partial charge in [0.15, 0.2) is 0 Å². The van der Waals surface area contributed by atoms with Crippen molar-refractivity contribution in [3.05, 3.63) is 23.8 Å². The van der Waals surface area contributed by atoms with Crippen LogP contribution < -0.4 is 9.47 Å². The fourth-order valence-electron chi connectivity index (χ4n) is 1.97. The van der Waals surface area contributed by atoms with Crippen LogP contribution in [0.2, 0.25) is 0 Å². The summed E-state index contributed by atoms with van der Waals surface area (Å²) in [5.74, 6) is 1.93. The summed E-state index contributed by atoms with van der Waals surface area (Å²) >= 11 is 0. The lowest BCUT2D eigenvalue weighted by molar-refractivity contribution is -0.117. The summed E-state index contributed by atoms with van der Waals surface area (Å²) in [6.45, 7) is 3.29. The lowest BCUT2D eigenvalue weighted by atomic mass is 10.1. The molecular formula is C15H23NO3. The summed E-state index contributed by atoms with van der Waals surface area (Å²) in [5.41, 5.74) is 1.09. The van der Waals surface area contributed by atoms with Crippen molar-refractivity contribution in [2.45, 2.75) is 26.3 Å². The van der Waals surface area contributed by atoms with E-state index in [1.807, 2.05) is 25.2 Å². The zero-order chi connectivity index (χ0) is 14.3. The minimum absolute atomic E-state index is 0.243. The van der Waals surface area contributed by atoms with Crippen molar-refractivity contribution in [3.8, 4) is 11.5 Å². The van der Waals surface area contributed by atoms with Crippen molar-refractivity contribution >= 4 is 5.78 Å². The Morgan fingerprint density at radius 3 is 2.58 bits per heavy atom. The number of carbonyl (C=O) groups is 1. The summed E-state index contributed by atoms with van der Waals surface area (Å²) in [7, 11) is 5.36. The molecule has 0 N–H and O–H groups in total. The summed E-state index contributed by atoms with van der Waals surface area (Å²) in [4.78, 5) is 13.1. The molecule has 19 heavy (non-hydrogen) atoms. The van der Waals surface area contributed by atoms with E-state index in [-0.39, 0.29) is 5.78 Å². The number of rotatable bonds is 8. The number of carbonyl (C=O) groups excluding carboxylic acids is 1. The van der Waals surface area contributed by atoms with Gasteiger partial charge in [-0.25, -0.2) is 0 Å². The molecule has 1 rings (SSSR count). The molecular weight excluding hydrogens is 242 g/mol. The fraction of sp³-hybridized carbons (Fsp3) is 0.533. The van der Waals surface area contributed by atoms with Gasteiger partial charge in [0.1, 0.15) is 17.3 Å². The third-order valence-electron chi connectivity index (χ3n) is 3.00. The van der Waals surface area contributed by atoms with Gasteiger partial charge in [0.2, 0.25) is 0 Å². The maximum Gasteiger partial charge on any atom is 0.129 e. The Balaban J connectivity index is 2.61. The molecule has 0 aliphatic rings. The van der Waals surface area contributed by atoms with Gasteiger partial charge in [0, 0.05) is 18.5 Å². The predicted octanol–water partition coefficient (Wildman–Crippen LogP) is 2.50. The van der Waals surface area contributed by atoms with Gasteiger partial charge in [0.25, 0.3) is 0 Å². The Kier molecular flexibility index (Phi) is 6.36. The normalized spacial score (nSPS) is 10.6. The summed E-state index contributed by atoms with van der Waals surface area (Å²) in [6.07, 6.45) is 1.53. The van der Waals surface area contributed by atoms with Crippen LogP contribution in [0, 0.1) is 0 Å². The van der Waals surface area contributed by atoms with Crippen LogP contribution in [0.1, 0.15) is 25.3 Å². The van der Waals surface area contributed by atoms with Gasteiger partial charge in [-0.05, 0) is 45.1 Å². The molecule has 0 aliphatic heterocycles. The van der Waals surface area contributed by atoms with Crippen LogP contribution in [-0.2, 0) is 11.3 Å². The first kappa shape index (κ1) is 15.5. The highest BCUT2D eigenvalue weighted by Gasteiger charge is 2.08. The van der Waals surface area contributed by atoms with Gasteiger partial charge in [-0.3, -0.25) is 0 Å². The van der Waals surface area contributed by atoms with Crippen molar-refractivity contribution in [1.29, 1.82) is 0 Å². The Labute approximate surface area is 115 Å². The molecule has 1 aromatic carbocycles. The van der Waals surface area contributed by atoms with E-state index in [1.54, 1.807) is 21.1 Å². The average Bonchev–Trinajstić information content (AvgIpc) is 2.38. The SMILES string of the molecule is COc1ccc(OC)c(CN(C)CCCC(C)=O)c1. The monoisotopic (exact) mass is 265 g/mol. The molecule has 0 unspecified atom stereocenters. The van der Waals surface area contributed by atoms with Gasteiger partial charge in [-0.2, -0.15) is 0 Å². The van der Waals surface area contributed by atoms with Gasteiger partial charge >= 0.3 is 0 Å². The maximum absolute atomic E-state index is 10.9. The summed E-state index contributed by atoms with van der Waals surface area (Å²) in [5, 5.41) is 0. The molecule has 0 bridgehead atoms. The molecule has 4 heteroatoms. The standard InChI is InChI=1S/C15H23NO3/c1-12(17)6-5-9-16(2)11-13-10-14(18-3)7-8-15(13)19-4/h7-8,10H,5-6,9,11H2,1-4H3. The summed E-state index contributed by atoms with van der Waals surface area (Å²) < 4.78 is 10.6. The number of ether oxygens (including phenoxy) is 2. The van der Waals surface area contributed by atoms with E-state index in [0.29, 0.717) is 6.42 Å². The number of nitrogens with zero attached hydrogens (tertiary/aromatic N) is 1. The van der Waals surface area contributed by atoms with E-state index in [4.69, 9.17) is 9.47 Å². The molecule has 0 aromatic heterocycles. The number of ketones is 1. The van der Waals surface area contributed by atoms with Crippen molar-refractivity contribution < 1.29 is 14.3 Å². The molecule has 4 nitrogen and oxygen atoms in total. The highest BCUT2D eigenvalue weighted by molar-refractivity contribution is 5.75. The van der Waals surface area contributed by atoms with Gasteiger partial charge < -0.3 is 19.2 Å². The topological polar surface area (TPSA) is 38.8 Å². The molecule has 106 valence electrons. The molecule has 0 radical (unpaired) electrons. The third-order valence-corrected chi connectivity index (χ3v) is 3.00. The van der Waals surface area contributed by atoms with E-state index in [0.717, 1.165) is 36.6 Å². The van der Waals surface area contributed by atoms with Crippen LogP contribution in [-0.4, -0.2) is 38.5 Å². The molecule has 0 spiro atoms. The van der Waals surface area contributed by atoms with E-state index >= 15 is 0 Å². The zero-order valence-corrected chi connectivity index (χ0v) is 12.2. The van der Waals surface area contributed by atoms with Crippen LogP contribution in [0.5, 0.6) is 11.5 Å². The first-order valence-corrected chi connectivity index (χ1v) is 6.45. The Bertz CT molecular complexity index is 418.